The normalized spacial score (nSPS) is 14.4. The van der Waals surface area contributed by atoms with E-state index >= 15 is 0 Å². The van der Waals surface area contributed by atoms with Crippen molar-refractivity contribution in [2.75, 3.05) is 33.3 Å². The van der Waals surface area contributed by atoms with Crippen LogP contribution in [0.5, 0.6) is 17.2 Å². The number of hydrogen-bond donors (Lipinski definition) is 1. The lowest BCUT2D eigenvalue weighted by Gasteiger charge is -2.20. The lowest BCUT2D eigenvalue weighted by atomic mass is 9.93. The number of hydrogen-bond acceptors (Lipinski definition) is 10. The molecule has 1 atom stereocenters. The molecule has 0 bridgehead atoms. The summed E-state index contributed by atoms with van der Waals surface area (Å²) in [7, 11) is 1.97. The summed E-state index contributed by atoms with van der Waals surface area (Å²) in [4.78, 5) is 12.7. The molecule has 52 heavy (non-hydrogen) atoms. The maximum Gasteiger partial charge on any atom is 0.208 e. The van der Waals surface area contributed by atoms with Crippen molar-refractivity contribution >= 4 is 11.6 Å². The molecule has 1 fully saturated rings. The largest absolute Gasteiger partial charge is 0.493 e. The van der Waals surface area contributed by atoms with Crippen LogP contribution in [0.25, 0.3) is 11.1 Å². The number of likely N-dealkylation sites (tertiary alicyclic amines) is 1. The Labute approximate surface area is 310 Å². The van der Waals surface area contributed by atoms with Crippen molar-refractivity contribution in [1.82, 2.24) is 19.8 Å². The van der Waals surface area contributed by atoms with E-state index in [-0.39, 0.29) is 12.7 Å². The van der Waals surface area contributed by atoms with E-state index in [0.29, 0.717) is 54.3 Å². The standard InChI is InChI=1S/C41H44ClN5O5/c1-28-32(7-4-8-35(28)36-9-5-10-38(29(36)2)49-15-6-13-47-14-11-34(48)24-47)27-52-40-19-39(51-26-31-17-30(20-43)21-44-22-31)33(18-37(40)42)23-46(3)25-41-45-12-16-50-41/h4-5,7-10,12,16-19,21-22,34,48H,6,11,13-15,23-27H2,1-3H3/t34-/m1/s1. The topological polar surface area (TPSA) is 117 Å². The number of ether oxygens (including phenoxy) is 3. The van der Waals surface area contributed by atoms with Crippen LogP contribution in [0.15, 0.2) is 83.9 Å². The van der Waals surface area contributed by atoms with Crippen molar-refractivity contribution in [3.05, 3.63) is 124 Å². The SMILES string of the molecule is Cc1c(COc2cc(OCc3cncc(C#N)c3)c(CN(C)Cc3ncco3)cc2Cl)cccc1-c1cccc(OCCCN2CC[C@@H](O)C2)c1C. The monoisotopic (exact) mass is 721 g/mol. The number of nitriles is 1. The van der Waals surface area contributed by atoms with Gasteiger partial charge in [-0.2, -0.15) is 5.26 Å². The highest BCUT2D eigenvalue weighted by Gasteiger charge is 2.20. The number of aliphatic hydroxyl groups excluding tert-OH is 1. The third-order valence-corrected chi connectivity index (χ3v) is 9.58. The molecule has 1 aliphatic heterocycles. The minimum atomic E-state index is -0.203. The zero-order valence-corrected chi connectivity index (χ0v) is 30.6. The Kier molecular flexibility index (Phi) is 12.4. The number of rotatable bonds is 16. The van der Waals surface area contributed by atoms with Crippen LogP contribution < -0.4 is 14.2 Å². The predicted octanol–water partition coefficient (Wildman–Crippen LogP) is 7.50. The number of oxazole rings is 1. The summed E-state index contributed by atoms with van der Waals surface area (Å²) in [6, 6.07) is 20.0. The number of aliphatic hydroxyl groups is 1. The molecule has 3 heterocycles. The maximum atomic E-state index is 9.80. The van der Waals surface area contributed by atoms with Gasteiger partial charge in [0.05, 0.1) is 36.0 Å². The Bertz CT molecular complexity index is 2000. The molecule has 1 N–H and O–H groups in total. The van der Waals surface area contributed by atoms with Crippen LogP contribution in [0, 0.1) is 25.2 Å². The molecule has 5 aromatic rings. The number of pyridine rings is 1. The lowest BCUT2D eigenvalue weighted by molar-refractivity contribution is 0.173. The van der Waals surface area contributed by atoms with Crippen LogP contribution in [0.3, 0.4) is 0 Å². The molecule has 0 unspecified atom stereocenters. The van der Waals surface area contributed by atoms with Gasteiger partial charge in [-0.3, -0.25) is 9.88 Å². The first-order valence-electron chi connectivity index (χ1n) is 17.5. The summed E-state index contributed by atoms with van der Waals surface area (Å²) < 4.78 is 24.4. The van der Waals surface area contributed by atoms with Gasteiger partial charge in [-0.25, -0.2) is 4.98 Å². The molecule has 10 nitrogen and oxygen atoms in total. The van der Waals surface area contributed by atoms with E-state index in [0.717, 1.165) is 77.2 Å². The molecule has 2 aromatic heterocycles. The van der Waals surface area contributed by atoms with E-state index in [1.54, 1.807) is 24.7 Å². The van der Waals surface area contributed by atoms with Gasteiger partial charge in [-0.05, 0) is 79.8 Å². The highest BCUT2D eigenvalue weighted by Crippen LogP contribution is 2.37. The second-order valence-corrected chi connectivity index (χ2v) is 13.6. The smallest absolute Gasteiger partial charge is 0.208 e. The maximum absolute atomic E-state index is 9.80. The average Bonchev–Trinajstić information content (AvgIpc) is 3.82. The van der Waals surface area contributed by atoms with Crippen LogP contribution in [0.2, 0.25) is 5.02 Å². The molecule has 0 spiro atoms. The minimum absolute atomic E-state index is 0.203. The van der Waals surface area contributed by atoms with Crippen molar-refractivity contribution in [3.8, 4) is 34.4 Å². The first-order chi connectivity index (χ1) is 25.3. The highest BCUT2D eigenvalue weighted by molar-refractivity contribution is 6.32. The van der Waals surface area contributed by atoms with E-state index in [4.69, 9.17) is 30.2 Å². The first kappa shape index (κ1) is 36.9. The van der Waals surface area contributed by atoms with Crippen molar-refractivity contribution in [2.45, 2.75) is 59.1 Å². The van der Waals surface area contributed by atoms with Crippen molar-refractivity contribution in [3.63, 3.8) is 0 Å². The molecule has 0 aliphatic carbocycles. The van der Waals surface area contributed by atoms with E-state index in [1.165, 1.54) is 6.20 Å². The first-order valence-corrected chi connectivity index (χ1v) is 17.9. The van der Waals surface area contributed by atoms with Gasteiger partial charge in [0, 0.05) is 55.8 Å². The summed E-state index contributed by atoms with van der Waals surface area (Å²) in [5.74, 6) is 2.59. The number of β-amino-alcohol motifs (C(OH)–C–C–N with tert-alkyl or cyclic N) is 1. The number of halogens is 1. The third-order valence-electron chi connectivity index (χ3n) is 9.29. The molecule has 0 saturated carbocycles. The molecule has 11 heteroatoms. The predicted molar refractivity (Wildman–Crippen MR) is 199 cm³/mol. The van der Waals surface area contributed by atoms with Crippen LogP contribution in [0.4, 0.5) is 0 Å². The van der Waals surface area contributed by atoms with Gasteiger partial charge in [0.2, 0.25) is 5.89 Å². The van der Waals surface area contributed by atoms with Gasteiger partial charge < -0.3 is 28.6 Å². The Morgan fingerprint density at radius 1 is 0.962 bits per heavy atom. The molecule has 1 saturated heterocycles. The third kappa shape index (κ3) is 9.49. The zero-order chi connectivity index (χ0) is 36.5. The molecular formula is C41H44ClN5O5. The van der Waals surface area contributed by atoms with Gasteiger partial charge in [0.15, 0.2) is 0 Å². The molecule has 1 aliphatic rings. The molecule has 270 valence electrons. The second kappa shape index (κ2) is 17.5. The van der Waals surface area contributed by atoms with Crippen molar-refractivity contribution in [2.24, 2.45) is 0 Å². The zero-order valence-electron chi connectivity index (χ0n) is 29.8. The second-order valence-electron chi connectivity index (χ2n) is 13.2. The highest BCUT2D eigenvalue weighted by atomic mass is 35.5. The number of benzene rings is 3. The van der Waals surface area contributed by atoms with Gasteiger partial charge >= 0.3 is 0 Å². The molecular weight excluding hydrogens is 678 g/mol. The van der Waals surface area contributed by atoms with Crippen molar-refractivity contribution < 1.29 is 23.7 Å². The van der Waals surface area contributed by atoms with Gasteiger partial charge in [-0.1, -0.05) is 41.9 Å². The Morgan fingerprint density at radius 2 is 1.77 bits per heavy atom. The van der Waals surface area contributed by atoms with Crippen molar-refractivity contribution in [1.29, 1.82) is 5.26 Å². The minimum Gasteiger partial charge on any atom is -0.493 e. The van der Waals surface area contributed by atoms with Crippen LogP contribution in [0.1, 0.15) is 52.1 Å². The van der Waals surface area contributed by atoms with Gasteiger partial charge in [0.25, 0.3) is 0 Å². The summed E-state index contributed by atoms with van der Waals surface area (Å²) in [6.45, 7) is 8.98. The van der Waals surface area contributed by atoms with Gasteiger partial charge in [-0.15, -0.1) is 0 Å². The Balaban J connectivity index is 1.16. The number of aromatic nitrogens is 2. The van der Waals surface area contributed by atoms with E-state index in [1.807, 2.05) is 37.4 Å². The molecule has 6 rings (SSSR count). The van der Waals surface area contributed by atoms with E-state index in [9.17, 15) is 10.4 Å². The summed E-state index contributed by atoms with van der Waals surface area (Å²) in [5.41, 5.74) is 7.56. The fourth-order valence-corrected chi connectivity index (χ4v) is 6.72. The lowest BCUT2D eigenvalue weighted by Crippen LogP contribution is -2.24. The van der Waals surface area contributed by atoms with Crippen LogP contribution in [-0.4, -0.2) is 64.3 Å². The Hall–Kier alpha value is -4.92. The average molecular weight is 722 g/mol. The molecule has 3 aromatic carbocycles. The van der Waals surface area contributed by atoms with Crippen LogP contribution in [-0.2, 0) is 26.3 Å². The quantitative estimate of drug-likeness (QED) is 0.103. The van der Waals surface area contributed by atoms with Gasteiger partial charge in [0.1, 0.15) is 42.8 Å². The fourth-order valence-electron chi connectivity index (χ4n) is 6.48. The summed E-state index contributed by atoms with van der Waals surface area (Å²) >= 11 is 6.85. The Morgan fingerprint density at radius 3 is 2.54 bits per heavy atom. The van der Waals surface area contributed by atoms with E-state index in [2.05, 4.69) is 57.9 Å². The summed E-state index contributed by atoms with van der Waals surface area (Å²) in [6.07, 6.45) is 7.94. The van der Waals surface area contributed by atoms with E-state index < -0.39 is 0 Å². The fraction of sp³-hybridized carbons (Fsp3) is 0.341. The summed E-state index contributed by atoms with van der Waals surface area (Å²) in [5, 5.41) is 19.6. The van der Waals surface area contributed by atoms with Crippen LogP contribution >= 0.6 is 11.6 Å². The molecule has 0 radical (unpaired) electrons. The number of nitrogens with zero attached hydrogens (tertiary/aromatic N) is 5. The molecule has 0 amide bonds.